The van der Waals surface area contributed by atoms with Gasteiger partial charge in [-0.1, -0.05) is 18.9 Å². The molecule has 0 spiro atoms. The third-order valence-electron chi connectivity index (χ3n) is 3.92. The fraction of sp³-hybridized carbons (Fsp3) is 0.471. The van der Waals surface area contributed by atoms with Crippen LogP contribution in [0.5, 0.6) is 0 Å². The smallest absolute Gasteiger partial charge is 0.242 e. The molecular formula is C17H21N3O2. The molecule has 1 aromatic rings. The Labute approximate surface area is 131 Å². The minimum Gasteiger partial charge on any atom is -0.341 e. The Morgan fingerprint density at radius 2 is 1.91 bits per heavy atom. The van der Waals surface area contributed by atoms with Crippen LogP contribution in [0.4, 0.5) is 5.69 Å². The van der Waals surface area contributed by atoms with E-state index in [1.165, 1.54) is 11.8 Å². The lowest BCUT2D eigenvalue weighted by atomic mass is 10.2. The van der Waals surface area contributed by atoms with E-state index in [1.54, 1.807) is 24.3 Å². The number of likely N-dealkylation sites (tertiary alicyclic amines) is 1. The van der Waals surface area contributed by atoms with Crippen LogP contribution >= 0.6 is 0 Å². The molecule has 1 aliphatic rings. The highest BCUT2D eigenvalue weighted by molar-refractivity contribution is 5.97. The number of rotatable bonds is 3. The Balaban J connectivity index is 2.12. The normalized spacial score (nSPS) is 14.8. The average Bonchev–Trinajstić information content (AvgIpc) is 2.81. The maximum Gasteiger partial charge on any atom is 0.242 e. The van der Waals surface area contributed by atoms with Gasteiger partial charge in [0.2, 0.25) is 11.8 Å². The molecule has 1 fully saturated rings. The number of anilines is 1. The van der Waals surface area contributed by atoms with Gasteiger partial charge in [0, 0.05) is 25.7 Å². The van der Waals surface area contributed by atoms with Gasteiger partial charge in [0.05, 0.1) is 11.6 Å². The number of carbonyl (C=O) groups is 2. The van der Waals surface area contributed by atoms with E-state index in [2.05, 4.69) is 6.07 Å². The second-order valence-corrected chi connectivity index (χ2v) is 5.56. The van der Waals surface area contributed by atoms with Crippen LogP contribution in [0.1, 0.15) is 38.2 Å². The summed E-state index contributed by atoms with van der Waals surface area (Å²) in [5, 5.41) is 8.97. The van der Waals surface area contributed by atoms with Crippen molar-refractivity contribution in [3.05, 3.63) is 29.8 Å². The van der Waals surface area contributed by atoms with E-state index in [0.29, 0.717) is 11.3 Å². The topological polar surface area (TPSA) is 64.4 Å². The van der Waals surface area contributed by atoms with Crippen molar-refractivity contribution < 1.29 is 9.59 Å². The SMILES string of the molecule is CC(=O)N(CC(=O)N1CCCCCC1)c1cccc(C#N)c1. The zero-order valence-corrected chi connectivity index (χ0v) is 12.9. The van der Waals surface area contributed by atoms with Gasteiger partial charge in [-0.05, 0) is 31.0 Å². The molecule has 0 N–H and O–H groups in total. The average molecular weight is 299 g/mol. The van der Waals surface area contributed by atoms with Gasteiger partial charge in [-0.3, -0.25) is 9.59 Å². The Morgan fingerprint density at radius 1 is 1.23 bits per heavy atom. The maximum atomic E-state index is 12.5. The first kappa shape index (κ1) is 16.0. The summed E-state index contributed by atoms with van der Waals surface area (Å²) in [6, 6.07) is 8.84. The fourth-order valence-electron chi connectivity index (χ4n) is 2.68. The molecule has 0 aromatic heterocycles. The van der Waals surface area contributed by atoms with Gasteiger partial charge < -0.3 is 9.80 Å². The van der Waals surface area contributed by atoms with Crippen LogP contribution in [0, 0.1) is 11.3 Å². The Morgan fingerprint density at radius 3 is 2.50 bits per heavy atom. The molecule has 5 nitrogen and oxygen atoms in total. The highest BCUT2D eigenvalue weighted by atomic mass is 16.2. The molecule has 0 bridgehead atoms. The van der Waals surface area contributed by atoms with Crippen LogP contribution in [0.15, 0.2) is 24.3 Å². The van der Waals surface area contributed by atoms with Crippen molar-refractivity contribution in [3.63, 3.8) is 0 Å². The molecule has 1 aliphatic heterocycles. The molecule has 5 heteroatoms. The highest BCUT2D eigenvalue weighted by Gasteiger charge is 2.21. The third-order valence-corrected chi connectivity index (χ3v) is 3.92. The molecule has 0 radical (unpaired) electrons. The zero-order chi connectivity index (χ0) is 15.9. The first-order valence-corrected chi connectivity index (χ1v) is 7.68. The van der Waals surface area contributed by atoms with Crippen molar-refractivity contribution in [1.29, 1.82) is 5.26 Å². The van der Waals surface area contributed by atoms with Gasteiger partial charge in [0.25, 0.3) is 0 Å². The van der Waals surface area contributed by atoms with Crippen LogP contribution < -0.4 is 4.90 Å². The van der Waals surface area contributed by atoms with Crippen LogP contribution in [0.3, 0.4) is 0 Å². The lowest BCUT2D eigenvalue weighted by Crippen LogP contribution is -2.42. The fourth-order valence-corrected chi connectivity index (χ4v) is 2.68. The van der Waals surface area contributed by atoms with Gasteiger partial charge >= 0.3 is 0 Å². The summed E-state index contributed by atoms with van der Waals surface area (Å²) >= 11 is 0. The van der Waals surface area contributed by atoms with Crippen molar-refractivity contribution in [1.82, 2.24) is 4.90 Å². The summed E-state index contributed by atoms with van der Waals surface area (Å²) in [6.45, 7) is 3.00. The van der Waals surface area contributed by atoms with Gasteiger partial charge in [-0.15, -0.1) is 0 Å². The van der Waals surface area contributed by atoms with E-state index in [0.717, 1.165) is 38.8 Å². The van der Waals surface area contributed by atoms with Crippen LogP contribution in [0.2, 0.25) is 0 Å². The molecule has 1 heterocycles. The largest absolute Gasteiger partial charge is 0.341 e. The first-order chi connectivity index (χ1) is 10.6. The van der Waals surface area contributed by atoms with Crippen molar-refractivity contribution in [2.24, 2.45) is 0 Å². The Hall–Kier alpha value is -2.35. The molecule has 0 aliphatic carbocycles. The van der Waals surface area contributed by atoms with Gasteiger partial charge in [0.1, 0.15) is 6.54 Å². The molecule has 0 saturated carbocycles. The number of nitriles is 1. The Kier molecular flexibility index (Phi) is 5.54. The van der Waals surface area contributed by atoms with Crippen molar-refractivity contribution in [2.45, 2.75) is 32.6 Å². The summed E-state index contributed by atoms with van der Waals surface area (Å²) in [6.07, 6.45) is 4.36. The lowest BCUT2D eigenvalue weighted by Gasteiger charge is -2.26. The van der Waals surface area contributed by atoms with Crippen LogP contribution in [-0.2, 0) is 9.59 Å². The Bertz CT molecular complexity index is 584. The minimum atomic E-state index is -0.196. The summed E-state index contributed by atoms with van der Waals surface area (Å²) in [5.41, 5.74) is 1.07. The van der Waals surface area contributed by atoms with Gasteiger partial charge in [-0.2, -0.15) is 5.26 Å². The van der Waals surface area contributed by atoms with E-state index >= 15 is 0 Å². The predicted molar refractivity (Wildman–Crippen MR) is 84.2 cm³/mol. The first-order valence-electron chi connectivity index (χ1n) is 7.68. The number of nitrogens with zero attached hydrogens (tertiary/aromatic N) is 3. The van der Waals surface area contributed by atoms with E-state index in [1.807, 2.05) is 4.90 Å². The number of amides is 2. The molecule has 0 unspecified atom stereocenters. The molecule has 116 valence electrons. The van der Waals surface area contributed by atoms with Crippen molar-refractivity contribution >= 4 is 17.5 Å². The van der Waals surface area contributed by atoms with Crippen molar-refractivity contribution in [3.8, 4) is 6.07 Å². The van der Waals surface area contributed by atoms with E-state index < -0.39 is 0 Å². The number of carbonyl (C=O) groups excluding carboxylic acids is 2. The third kappa shape index (κ3) is 4.08. The summed E-state index contributed by atoms with van der Waals surface area (Å²) in [7, 11) is 0. The molecule has 2 rings (SSSR count). The summed E-state index contributed by atoms with van der Waals surface area (Å²) in [5.74, 6) is -0.224. The highest BCUT2D eigenvalue weighted by Crippen LogP contribution is 2.17. The van der Waals surface area contributed by atoms with E-state index in [-0.39, 0.29) is 18.4 Å². The van der Waals surface area contributed by atoms with Gasteiger partial charge in [0.15, 0.2) is 0 Å². The minimum absolute atomic E-state index is 0.0283. The van der Waals surface area contributed by atoms with Gasteiger partial charge in [-0.25, -0.2) is 0 Å². The lowest BCUT2D eigenvalue weighted by molar-refractivity contribution is -0.131. The zero-order valence-electron chi connectivity index (χ0n) is 12.9. The second kappa shape index (κ2) is 7.60. The predicted octanol–water partition coefficient (Wildman–Crippen LogP) is 2.31. The molecule has 22 heavy (non-hydrogen) atoms. The standard InChI is InChI=1S/C17H21N3O2/c1-14(21)20(16-8-6-7-15(11-16)12-18)13-17(22)19-9-4-2-3-5-10-19/h6-8,11H,2-5,9-10,13H2,1H3. The van der Waals surface area contributed by atoms with Crippen LogP contribution in [-0.4, -0.2) is 36.3 Å². The second-order valence-electron chi connectivity index (χ2n) is 5.56. The number of hydrogen-bond donors (Lipinski definition) is 0. The van der Waals surface area contributed by atoms with Crippen LogP contribution in [0.25, 0.3) is 0 Å². The van der Waals surface area contributed by atoms with Crippen molar-refractivity contribution in [2.75, 3.05) is 24.5 Å². The molecule has 1 saturated heterocycles. The quantitative estimate of drug-likeness (QED) is 0.860. The molecule has 2 amide bonds. The summed E-state index contributed by atoms with van der Waals surface area (Å²) in [4.78, 5) is 27.6. The number of benzene rings is 1. The molecule has 0 atom stereocenters. The number of hydrogen-bond acceptors (Lipinski definition) is 3. The summed E-state index contributed by atoms with van der Waals surface area (Å²) < 4.78 is 0. The van der Waals surface area contributed by atoms with E-state index in [9.17, 15) is 9.59 Å². The molecular weight excluding hydrogens is 278 g/mol. The van der Waals surface area contributed by atoms with E-state index in [4.69, 9.17) is 5.26 Å². The molecule has 1 aromatic carbocycles. The maximum absolute atomic E-state index is 12.5. The monoisotopic (exact) mass is 299 g/mol.